The van der Waals surface area contributed by atoms with Gasteiger partial charge in [-0.1, -0.05) is 48.2 Å². The van der Waals surface area contributed by atoms with Gasteiger partial charge in [0.1, 0.15) is 0 Å². The Hall–Kier alpha value is -3.63. The molecular weight excluding hydrogens is 484 g/mol. The average molecular weight is 507 g/mol. The van der Waals surface area contributed by atoms with E-state index in [1.807, 2.05) is 30.0 Å². The molecule has 2 heterocycles. The standard InChI is InChI=1S/C25H22N4O4S2/c1-17-15-19-7-5-6-10-22(19)29(17)23(30)16-34-25-27-26-24(33-25)18-11-13-20(14-12-18)28-35(31,32)21-8-3-2-4-9-21/h2-14,17,28H,15-16H2,1H3/t17-/m1/s1. The SMILES string of the molecule is C[C@@H]1Cc2ccccc2N1C(=O)CSc1nnc(-c2ccc(NS(=O)(=O)c3ccccc3)cc2)o1. The first-order valence-corrected chi connectivity index (χ1v) is 13.4. The lowest BCUT2D eigenvalue weighted by molar-refractivity contribution is -0.116. The molecule has 4 aromatic rings. The maximum Gasteiger partial charge on any atom is 0.277 e. The van der Waals surface area contributed by atoms with Gasteiger partial charge in [0, 0.05) is 23.0 Å². The van der Waals surface area contributed by atoms with E-state index in [9.17, 15) is 13.2 Å². The highest BCUT2D eigenvalue weighted by Crippen LogP contribution is 2.33. The highest BCUT2D eigenvalue weighted by molar-refractivity contribution is 7.99. The van der Waals surface area contributed by atoms with Crippen molar-refractivity contribution < 1.29 is 17.6 Å². The largest absolute Gasteiger partial charge is 0.411 e. The second-order valence-corrected chi connectivity index (χ2v) is 10.7. The number of sulfonamides is 1. The molecule has 10 heteroatoms. The normalized spacial score (nSPS) is 15.1. The van der Waals surface area contributed by atoms with Gasteiger partial charge in [-0.15, -0.1) is 10.2 Å². The maximum atomic E-state index is 12.9. The summed E-state index contributed by atoms with van der Waals surface area (Å²) < 4.78 is 33.2. The Kier molecular flexibility index (Phi) is 6.31. The minimum absolute atomic E-state index is 0.0118. The van der Waals surface area contributed by atoms with E-state index in [1.165, 1.54) is 29.5 Å². The lowest BCUT2D eigenvalue weighted by atomic mass is 10.1. The molecular formula is C25H22N4O4S2. The van der Waals surface area contributed by atoms with E-state index in [1.54, 1.807) is 42.5 Å². The fourth-order valence-electron chi connectivity index (χ4n) is 4.02. The minimum Gasteiger partial charge on any atom is -0.411 e. The molecule has 3 aromatic carbocycles. The van der Waals surface area contributed by atoms with Crippen LogP contribution in [0.5, 0.6) is 0 Å². The van der Waals surface area contributed by atoms with E-state index in [0.29, 0.717) is 16.5 Å². The molecule has 1 amide bonds. The molecule has 0 saturated heterocycles. The summed E-state index contributed by atoms with van der Waals surface area (Å²) in [6.07, 6.45) is 0.842. The molecule has 1 aliphatic rings. The number of nitrogens with zero attached hydrogens (tertiary/aromatic N) is 3. The molecule has 0 spiro atoms. The highest BCUT2D eigenvalue weighted by atomic mass is 32.2. The number of carbonyl (C=O) groups is 1. The number of benzene rings is 3. The molecule has 1 aromatic heterocycles. The van der Waals surface area contributed by atoms with Crippen LogP contribution in [0.25, 0.3) is 11.5 Å². The van der Waals surface area contributed by atoms with Gasteiger partial charge in [-0.05, 0) is 61.4 Å². The number of aromatic nitrogens is 2. The highest BCUT2D eigenvalue weighted by Gasteiger charge is 2.30. The van der Waals surface area contributed by atoms with Gasteiger partial charge in [0.25, 0.3) is 15.2 Å². The van der Waals surface area contributed by atoms with Crippen molar-refractivity contribution in [2.45, 2.75) is 29.5 Å². The number of amides is 1. The van der Waals surface area contributed by atoms with Gasteiger partial charge in [-0.3, -0.25) is 9.52 Å². The first kappa shape index (κ1) is 23.1. The van der Waals surface area contributed by atoms with E-state index in [0.717, 1.165) is 12.1 Å². The van der Waals surface area contributed by atoms with Crippen molar-refractivity contribution in [3.8, 4) is 11.5 Å². The van der Waals surface area contributed by atoms with Crippen molar-refractivity contribution >= 4 is 39.1 Å². The molecule has 0 radical (unpaired) electrons. The van der Waals surface area contributed by atoms with Gasteiger partial charge in [-0.2, -0.15) is 0 Å². The molecule has 0 aliphatic carbocycles. The third-order valence-corrected chi connectivity index (χ3v) is 7.84. The quantitative estimate of drug-likeness (QED) is 0.365. The summed E-state index contributed by atoms with van der Waals surface area (Å²) in [5, 5.41) is 8.40. The second kappa shape index (κ2) is 9.55. The zero-order chi connectivity index (χ0) is 24.4. The van der Waals surface area contributed by atoms with Crippen LogP contribution in [0, 0.1) is 0 Å². The molecule has 8 nitrogen and oxygen atoms in total. The summed E-state index contributed by atoms with van der Waals surface area (Å²) >= 11 is 1.19. The van der Waals surface area contributed by atoms with Crippen LogP contribution in [0.15, 0.2) is 93.4 Å². The van der Waals surface area contributed by atoms with Crippen molar-refractivity contribution in [2.24, 2.45) is 0 Å². The zero-order valence-electron chi connectivity index (χ0n) is 18.8. The Bertz CT molecular complexity index is 1450. The lowest BCUT2D eigenvalue weighted by Gasteiger charge is -2.22. The summed E-state index contributed by atoms with van der Waals surface area (Å²) in [6, 6.07) is 22.8. The molecule has 0 saturated carbocycles. The first-order valence-electron chi connectivity index (χ1n) is 11.0. The number of para-hydroxylation sites is 1. The Morgan fingerprint density at radius 2 is 1.74 bits per heavy atom. The van der Waals surface area contributed by atoms with E-state index in [2.05, 4.69) is 21.0 Å². The van der Waals surface area contributed by atoms with Gasteiger partial charge < -0.3 is 9.32 Å². The fourth-order valence-corrected chi connectivity index (χ4v) is 5.72. The number of carbonyl (C=O) groups excluding carboxylic acids is 1. The van der Waals surface area contributed by atoms with Crippen LogP contribution in [0.4, 0.5) is 11.4 Å². The van der Waals surface area contributed by atoms with E-state index < -0.39 is 10.0 Å². The van der Waals surface area contributed by atoms with Crippen LogP contribution in [-0.2, 0) is 21.2 Å². The van der Waals surface area contributed by atoms with Crippen LogP contribution in [0.1, 0.15) is 12.5 Å². The van der Waals surface area contributed by atoms with Crippen LogP contribution in [0.2, 0.25) is 0 Å². The summed E-state index contributed by atoms with van der Waals surface area (Å²) in [5.41, 5.74) is 3.19. The van der Waals surface area contributed by atoms with Gasteiger partial charge in [0.2, 0.25) is 11.8 Å². The Morgan fingerprint density at radius 3 is 2.51 bits per heavy atom. The average Bonchev–Trinajstić information content (AvgIpc) is 3.47. The number of fused-ring (bicyclic) bond motifs is 1. The molecule has 5 rings (SSSR count). The Balaban J connectivity index is 1.22. The van der Waals surface area contributed by atoms with Gasteiger partial charge >= 0.3 is 0 Å². The van der Waals surface area contributed by atoms with E-state index in [-0.39, 0.29) is 28.5 Å². The summed E-state index contributed by atoms with van der Waals surface area (Å²) in [6.45, 7) is 2.04. The number of hydrogen-bond donors (Lipinski definition) is 1. The molecule has 35 heavy (non-hydrogen) atoms. The lowest BCUT2D eigenvalue weighted by Crippen LogP contribution is -2.36. The van der Waals surface area contributed by atoms with Crippen LogP contribution >= 0.6 is 11.8 Å². The monoisotopic (exact) mass is 506 g/mol. The maximum absolute atomic E-state index is 12.9. The van der Waals surface area contributed by atoms with Crippen LogP contribution in [-0.4, -0.2) is 36.3 Å². The third-order valence-electron chi connectivity index (χ3n) is 5.64. The molecule has 178 valence electrons. The van der Waals surface area contributed by atoms with Crippen LogP contribution < -0.4 is 9.62 Å². The molecule has 1 atom stereocenters. The van der Waals surface area contributed by atoms with Crippen LogP contribution in [0.3, 0.4) is 0 Å². The molecule has 0 bridgehead atoms. The van der Waals surface area contributed by atoms with Crippen molar-refractivity contribution in [1.82, 2.24) is 10.2 Å². The number of thioether (sulfide) groups is 1. The second-order valence-electron chi connectivity index (χ2n) is 8.10. The topological polar surface area (TPSA) is 105 Å². The third kappa shape index (κ3) is 4.94. The van der Waals surface area contributed by atoms with Crippen molar-refractivity contribution in [1.29, 1.82) is 0 Å². The smallest absolute Gasteiger partial charge is 0.277 e. The first-order chi connectivity index (χ1) is 16.9. The fraction of sp³-hybridized carbons (Fsp3) is 0.160. The van der Waals surface area contributed by atoms with Gasteiger partial charge in [0.05, 0.1) is 10.6 Å². The number of hydrogen-bond acceptors (Lipinski definition) is 7. The minimum atomic E-state index is -3.67. The summed E-state index contributed by atoms with van der Waals surface area (Å²) in [4.78, 5) is 14.9. The van der Waals surface area contributed by atoms with E-state index >= 15 is 0 Å². The predicted octanol–water partition coefficient (Wildman–Crippen LogP) is 4.61. The van der Waals surface area contributed by atoms with Crippen molar-refractivity contribution in [2.75, 3.05) is 15.4 Å². The zero-order valence-corrected chi connectivity index (χ0v) is 20.4. The summed E-state index contributed by atoms with van der Waals surface area (Å²) in [7, 11) is -3.67. The predicted molar refractivity (Wildman–Crippen MR) is 135 cm³/mol. The molecule has 0 fully saturated rings. The molecule has 1 aliphatic heterocycles. The van der Waals surface area contributed by atoms with E-state index in [4.69, 9.17) is 4.42 Å². The number of anilines is 2. The Morgan fingerprint density at radius 1 is 1.03 bits per heavy atom. The van der Waals surface area contributed by atoms with Crippen molar-refractivity contribution in [3.05, 3.63) is 84.4 Å². The van der Waals surface area contributed by atoms with Crippen molar-refractivity contribution in [3.63, 3.8) is 0 Å². The van der Waals surface area contributed by atoms with Gasteiger partial charge in [-0.25, -0.2) is 8.42 Å². The number of rotatable bonds is 7. The molecule has 1 N–H and O–H groups in total. The van der Waals surface area contributed by atoms with Gasteiger partial charge in [0.15, 0.2) is 0 Å². The summed E-state index contributed by atoms with van der Waals surface area (Å²) in [5.74, 6) is 0.458. The molecule has 0 unspecified atom stereocenters. The Labute approximate surface area is 207 Å². The number of nitrogens with one attached hydrogen (secondary N) is 1.